The molecule has 1 N–H and O–H groups in total. The average molecular weight is 312 g/mol. The molecule has 0 fully saturated rings. The van der Waals surface area contributed by atoms with Crippen LogP contribution in [0, 0.1) is 0 Å². The van der Waals surface area contributed by atoms with Gasteiger partial charge in [-0.1, -0.05) is 0 Å². The van der Waals surface area contributed by atoms with Gasteiger partial charge in [-0.25, -0.2) is 0 Å². The first-order valence-electron chi connectivity index (χ1n) is 7.56. The van der Waals surface area contributed by atoms with Gasteiger partial charge < -0.3 is 14.8 Å². The third kappa shape index (κ3) is 3.28. The summed E-state index contributed by atoms with van der Waals surface area (Å²) in [4.78, 5) is 16.4. The number of carbonyl (C=O) groups is 1. The molecule has 2 heterocycles. The van der Waals surface area contributed by atoms with Crippen molar-refractivity contribution in [1.29, 1.82) is 0 Å². The topological polar surface area (TPSA) is 60.5 Å². The number of hydrogen-bond donors (Lipinski definition) is 1. The lowest BCUT2D eigenvalue weighted by molar-refractivity contribution is 0.0617. The monoisotopic (exact) mass is 312 g/mol. The maximum atomic E-state index is 12.4. The number of ether oxygens (including phenoxy) is 2. The molecule has 0 saturated heterocycles. The van der Waals surface area contributed by atoms with Crippen LogP contribution in [-0.4, -0.2) is 23.6 Å². The van der Waals surface area contributed by atoms with E-state index in [1.165, 1.54) is 0 Å². The quantitative estimate of drug-likeness (QED) is 0.946. The number of carbonyl (C=O) groups excluding carboxylic acids is 1. The van der Waals surface area contributed by atoms with Crippen molar-refractivity contribution in [3.63, 3.8) is 0 Å². The highest BCUT2D eigenvalue weighted by Gasteiger charge is 2.34. The van der Waals surface area contributed by atoms with Crippen LogP contribution in [0.5, 0.6) is 11.5 Å². The van der Waals surface area contributed by atoms with Crippen molar-refractivity contribution in [2.24, 2.45) is 0 Å². The number of pyridine rings is 1. The lowest BCUT2D eigenvalue weighted by Crippen LogP contribution is -2.41. The number of nitrogens with one attached hydrogen (secondary N) is 1. The molecule has 1 aromatic carbocycles. The van der Waals surface area contributed by atoms with Gasteiger partial charge in [0, 0.05) is 30.4 Å². The predicted octanol–water partition coefficient (Wildman–Crippen LogP) is 3.12. The van der Waals surface area contributed by atoms with E-state index >= 15 is 0 Å². The summed E-state index contributed by atoms with van der Waals surface area (Å²) in [6.07, 6.45) is 3.91. The zero-order valence-corrected chi connectivity index (χ0v) is 13.5. The lowest BCUT2D eigenvalue weighted by atomic mass is 9.89. The molecule has 0 spiro atoms. The number of rotatable bonds is 3. The molecule has 1 aliphatic rings. The number of nitrogens with zero attached hydrogens (tertiary/aromatic N) is 1. The van der Waals surface area contributed by atoms with Gasteiger partial charge in [0.1, 0.15) is 17.1 Å². The molecule has 2 aromatic rings. The molecule has 3 rings (SSSR count). The summed E-state index contributed by atoms with van der Waals surface area (Å²) in [6, 6.07) is 9.07. The Hall–Kier alpha value is -2.56. The maximum Gasteiger partial charge on any atom is 0.253 e. The largest absolute Gasteiger partial charge is 0.497 e. The molecule has 1 atom stereocenters. The molecule has 0 saturated carbocycles. The smallest absolute Gasteiger partial charge is 0.253 e. The first-order valence-corrected chi connectivity index (χ1v) is 7.56. The van der Waals surface area contributed by atoms with Gasteiger partial charge in [-0.3, -0.25) is 9.78 Å². The van der Waals surface area contributed by atoms with Crippen molar-refractivity contribution in [2.45, 2.75) is 31.9 Å². The highest BCUT2D eigenvalue weighted by atomic mass is 16.5. The molecule has 0 bridgehead atoms. The van der Waals surface area contributed by atoms with Gasteiger partial charge in [-0.15, -0.1) is 0 Å². The molecule has 0 unspecified atom stereocenters. The van der Waals surface area contributed by atoms with Gasteiger partial charge in [0.25, 0.3) is 5.91 Å². The van der Waals surface area contributed by atoms with Gasteiger partial charge >= 0.3 is 0 Å². The number of hydrogen-bond acceptors (Lipinski definition) is 4. The third-order valence-electron chi connectivity index (χ3n) is 3.91. The van der Waals surface area contributed by atoms with Crippen molar-refractivity contribution in [1.82, 2.24) is 10.3 Å². The van der Waals surface area contributed by atoms with E-state index in [-0.39, 0.29) is 17.6 Å². The zero-order valence-electron chi connectivity index (χ0n) is 13.5. The number of benzene rings is 1. The number of methoxy groups -OCH3 is 1. The highest BCUT2D eigenvalue weighted by molar-refractivity contribution is 5.94. The van der Waals surface area contributed by atoms with E-state index in [4.69, 9.17) is 9.47 Å². The van der Waals surface area contributed by atoms with Crippen LogP contribution in [0.1, 0.15) is 42.2 Å². The van der Waals surface area contributed by atoms with E-state index in [0.29, 0.717) is 12.0 Å². The van der Waals surface area contributed by atoms with Crippen molar-refractivity contribution in [2.75, 3.05) is 7.11 Å². The Labute approximate surface area is 135 Å². The molecule has 23 heavy (non-hydrogen) atoms. The lowest BCUT2D eigenvalue weighted by Gasteiger charge is -2.38. The van der Waals surface area contributed by atoms with E-state index < -0.39 is 0 Å². The van der Waals surface area contributed by atoms with Crippen LogP contribution in [-0.2, 0) is 0 Å². The van der Waals surface area contributed by atoms with E-state index in [0.717, 1.165) is 17.1 Å². The fraction of sp³-hybridized carbons (Fsp3) is 0.333. The van der Waals surface area contributed by atoms with E-state index in [1.54, 1.807) is 31.6 Å². The molecule has 5 heteroatoms. The first-order chi connectivity index (χ1) is 11.0. The van der Waals surface area contributed by atoms with Gasteiger partial charge in [-0.05, 0) is 38.1 Å². The molecule has 1 aromatic heterocycles. The van der Waals surface area contributed by atoms with Crippen LogP contribution in [0.15, 0.2) is 42.7 Å². The number of fused-ring (bicyclic) bond motifs is 1. The van der Waals surface area contributed by atoms with Crippen LogP contribution >= 0.6 is 0 Å². The average Bonchev–Trinajstić information content (AvgIpc) is 2.54. The van der Waals surface area contributed by atoms with Crippen molar-refractivity contribution >= 4 is 5.91 Å². The van der Waals surface area contributed by atoms with E-state index in [9.17, 15) is 4.79 Å². The summed E-state index contributed by atoms with van der Waals surface area (Å²) in [7, 11) is 1.62. The van der Waals surface area contributed by atoms with Crippen molar-refractivity contribution in [3.05, 3.63) is 53.9 Å². The Morgan fingerprint density at radius 1 is 1.39 bits per heavy atom. The Kier molecular flexibility index (Phi) is 3.94. The second-order valence-corrected chi connectivity index (χ2v) is 6.24. The van der Waals surface area contributed by atoms with E-state index in [2.05, 4.69) is 10.3 Å². The summed E-state index contributed by atoms with van der Waals surface area (Å²) >= 11 is 0. The molecular formula is C18H20N2O3. The molecule has 0 aliphatic carbocycles. The van der Waals surface area contributed by atoms with Gasteiger partial charge in [0.15, 0.2) is 0 Å². The minimum absolute atomic E-state index is 0.118. The number of amides is 1. The first kappa shape index (κ1) is 15.3. The van der Waals surface area contributed by atoms with Gasteiger partial charge in [-0.2, -0.15) is 0 Å². The molecule has 1 aliphatic heterocycles. The summed E-state index contributed by atoms with van der Waals surface area (Å²) in [6.45, 7) is 4.03. The van der Waals surface area contributed by atoms with Crippen LogP contribution in [0.4, 0.5) is 0 Å². The van der Waals surface area contributed by atoms with Crippen LogP contribution < -0.4 is 14.8 Å². The summed E-state index contributed by atoms with van der Waals surface area (Å²) in [5, 5.41) is 3.08. The van der Waals surface area contributed by atoms with Crippen molar-refractivity contribution < 1.29 is 14.3 Å². The predicted molar refractivity (Wildman–Crippen MR) is 86.8 cm³/mol. The molecular weight excluding hydrogens is 292 g/mol. The summed E-state index contributed by atoms with van der Waals surface area (Å²) in [5.74, 6) is 1.35. The minimum atomic E-state index is -0.369. The summed E-state index contributed by atoms with van der Waals surface area (Å²) < 4.78 is 11.3. The molecule has 5 nitrogen and oxygen atoms in total. The van der Waals surface area contributed by atoms with Crippen LogP contribution in [0.2, 0.25) is 0 Å². The maximum absolute atomic E-state index is 12.4. The Balaban J connectivity index is 1.89. The minimum Gasteiger partial charge on any atom is -0.497 e. The Bertz CT molecular complexity index is 713. The fourth-order valence-electron chi connectivity index (χ4n) is 2.83. The second kappa shape index (κ2) is 5.91. The van der Waals surface area contributed by atoms with E-state index in [1.807, 2.05) is 32.0 Å². The van der Waals surface area contributed by atoms with Crippen LogP contribution in [0.25, 0.3) is 0 Å². The Morgan fingerprint density at radius 3 is 2.91 bits per heavy atom. The van der Waals surface area contributed by atoms with Gasteiger partial charge in [0.05, 0.1) is 18.7 Å². The number of aromatic nitrogens is 1. The van der Waals surface area contributed by atoms with Crippen LogP contribution in [0.3, 0.4) is 0 Å². The normalized spacial score (nSPS) is 18.5. The fourth-order valence-corrected chi connectivity index (χ4v) is 2.83. The summed E-state index contributed by atoms with van der Waals surface area (Å²) in [5.41, 5.74) is 1.14. The molecule has 1 amide bonds. The SMILES string of the molecule is COc1ccc2c(c1)OC(C)(C)C[C@H]2NC(=O)c1cccnc1. The standard InChI is InChI=1S/C18H20N2O3/c1-18(2)10-15(20-17(21)12-5-4-8-19-11-12)14-7-6-13(22-3)9-16(14)23-18/h4-9,11,15H,10H2,1-3H3,(H,20,21)/t15-/m1/s1. The van der Waals surface area contributed by atoms with Gasteiger partial charge in [0.2, 0.25) is 0 Å². The molecule has 120 valence electrons. The van der Waals surface area contributed by atoms with Crippen molar-refractivity contribution in [3.8, 4) is 11.5 Å². The molecule has 0 radical (unpaired) electrons. The highest BCUT2D eigenvalue weighted by Crippen LogP contribution is 2.41. The Morgan fingerprint density at radius 2 is 2.22 bits per heavy atom. The third-order valence-corrected chi connectivity index (χ3v) is 3.91. The zero-order chi connectivity index (χ0) is 16.4. The second-order valence-electron chi connectivity index (χ2n) is 6.24.